The minimum absolute atomic E-state index is 0.0676. The number of benzene rings is 2. The van der Waals surface area contributed by atoms with Crippen LogP contribution in [0, 0.1) is 13.8 Å². The minimum Gasteiger partial charge on any atom is -0.358 e. The number of carbonyl (C=O) groups excluding carboxylic acids is 2. The molecule has 3 heterocycles. The zero-order valence-corrected chi connectivity index (χ0v) is 21.6. The SMILES string of the molecule is Cc1[nH]c(/C=C2\C(=O)Nc3cccc(-c4cccc(C(F)(F)F)c4)c32)c(C)c1C(=O)N1C[C@@H](C)N[C@@H](C)C1. The van der Waals surface area contributed by atoms with E-state index >= 15 is 0 Å². The maximum absolute atomic E-state index is 13.5. The van der Waals surface area contributed by atoms with Gasteiger partial charge >= 0.3 is 6.18 Å². The van der Waals surface area contributed by atoms with Crippen LogP contribution in [0.5, 0.6) is 0 Å². The van der Waals surface area contributed by atoms with Crippen LogP contribution in [0.3, 0.4) is 0 Å². The van der Waals surface area contributed by atoms with E-state index in [0.29, 0.717) is 58.0 Å². The Morgan fingerprint density at radius 2 is 1.74 bits per heavy atom. The van der Waals surface area contributed by atoms with Crippen molar-refractivity contribution in [2.24, 2.45) is 0 Å². The van der Waals surface area contributed by atoms with Crippen molar-refractivity contribution < 1.29 is 22.8 Å². The summed E-state index contributed by atoms with van der Waals surface area (Å²) in [5.74, 6) is -0.425. The number of rotatable bonds is 3. The molecular weight excluding hydrogens is 493 g/mol. The average molecular weight is 523 g/mol. The minimum atomic E-state index is -4.48. The summed E-state index contributed by atoms with van der Waals surface area (Å²) in [6, 6.07) is 10.6. The first-order valence-corrected chi connectivity index (χ1v) is 12.5. The molecule has 0 bridgehead atoms. The van der Waals surface area contributed by atoms with Gasteiger partial charge in [-0.2, -0.15) is 13.2 Å². The van der Waals surface area contributed by atoms with Gasteiger partial charge in [0, 0.05) is 47.8 Å². The summed E-state index contributed by atoms with van der Waals surface area (Å²) >= 11 is 0. The van der Waals surface area contributed by atoms with E-state index in [9.17, 15) is 22.8 Å². The van der Waals surface area contributed by atoms with Crippen LogP contribution in [0.2, 0.25) is 0 Å². The van der Waals surface area contributed by atoms with Gasteiger partial charge in [0.2, 0.25) is 0 Å². The fourth-order valence-electron chi connectivity index (χ4n) is 5.53. The predicted molar refractivity (Wildman–Crippen MR) is 142 cm³/mol. The van der Waals surface area contributed by atoms with Crippen LogP contribution in [0.15, 0.2) is 42.5 Å². The number of aromatic amines is 1. The van der Waals surface area contributed by atoms with E-state index in [1.54, 1.807) is 30.3 Å². The first-order valence-electron chi connectivity index (χ1n) is 12.5. The highest BCUT2D eigenvalue weighted by Crippen LogP contribution is 2.42. The molecule has 2 amide bonds. The Bertz CT molecular complexity index is 1460. The molecule has 1 saturated heterocycles. The lowest BCUT2D eigenvalue weighted by molar-refractivity contribution is -0.137. The number of aromatic nitrogens is 1. The van der Waals surface area contributed by atoms with Gasteiger partial charge in [0.1, 0.15) is 0 Å². The monoisotopic (exact) mass is 522 g/mol. The van der Waals surface area contributed by atoms with Crippen LogP contribution < -0.4 is 10.6 Å². The van der Waals surface area contributed by atoms with Crippen LogP contribution in [-0.4, -0.2) is 46.9 Å². The van der Waals surface area contributed by atoms with Crippen LogP contribution in [0.1, 0.15) is 52.3 Å². The number of halogens is 3. The standard InChI is InChI=1S/C29H29F3N4O2/c1-15-13-36(14-16(2)33-15)28(38)25-17(3)24(34-18(25)4)12-22-26-21(9-6-10-23(26)35-27(22)37)19-7-5-8-20(11-19)29(30,31)32/h5-12,15-16,33-34H,13-14H2,1-4H3,(H,35,37)/b22-12-/t15-,16+. The summed E-state index contributed by atoms with van der Waals surface area (Å²) in [6.07, 6.45) is -2.80. The lowest BCUT2D eigenvalue weighted by Gasteiger charge is -2.36. The van der Waals surface area contributed by atoms with Crippen LogP contribution in [0.4, 0.5) is 18.9 Å². The normalized spacial score (nSPS) is 20.6. The number of alkyl halides is 3. The molecule has 198 valence electrons. The van der Waals surface area contributed by atoms with Crippen molar-refractivity contribution in [2.45, 2.75) is 46.0 Å². The second-order valence-corrected chi connectivity index (χ2v) is 10.2. The second-order valence-electron chi connectivity index (χ2n) is 10.2. The number of anilines is 1. The second kappa shape index (κ2) is 9.47. The maximum atomic E-state index is 13.5. The van der Waals surface area contributed by atoms with E-state index < -0.39 is 11.7 Å². The maximum Gasteiger partial charge on any atom is 0.416 e. The summed E-state index contributed by atoms with van der Waals surface area (Å²) in [5, 5.41) is 6.25. The zero-order chi connectivity index (χ0) is 27.4. The lowest BCUT2D eigenvalue weighted by Crippen LogP contribution is -2.55. The molecule has 3 N–H and O–H groups in total. The van der Waals surface area contributed by atoms with E-state index in [0.717, 1.165) is 17.7 Å². The van der Waals surface area contributed by atoms with E-state index in [4.69, 9.17) is 0 Å². The van der Waals surface area contributed by atoms with Gasteiger partial charge in [-0.1, -0.05) is 24.3 Å². The zero-order valence-electron chi connectivity index (χ0n) is 21.6. The molecular formula is C29H29F3N4O2. The third-order valence-corrected chi connectivity index (χ3v) is 7.15. The molecule has 0 unspecified atom stereocenters. The smallest absolute Gasteiger partial charge is 0.358 e. The number of aryl methyl sites for hydroxylation is 1. The molecule has 2 aliphatic heterocycles. The van der Waals surface area contributed by atoms with Crippen molar-refractivity contribution >= 4 is 29.2 Å². The molecule has 0 saturated carbocycles. The van der Waals surface area contributed by atoms with Crippen LogP contribution >= 0.6 is 0 Å². The quantitative estimate of drug-likeness (QED) is 0.390. The molecule has 5 rings (SSSR count). The van der Waals surface area contributed by atoms with E-state index in [2.05, 4.69) is 15.6 Å². The van der Waals surface area contributed by atoms with Gasteiger partial charge in [0.15, 0.2) is 0 Å². The van der Waals surface area contributed by atoms with Crippen molar-refractivity contribution in [1.29, 1.82) is 0 Å². The number of fused-ring (bicyclic) bond motifs is 1. The Kier molecular flexibility index (Phi) is 6.43. The number of piperazine rings is 1. The van der Waals surface area contributed by atoms with Crippen molar-refractivity contribution in [3.05, 3.63) is 76.1 Å². The Balaban J connectivity index is 1.56. The van der Waals surface area contributed by atoms with Gasteiger partial charge < -0.3 is 20.5 Å². The van der Waals surface area contributed by atoms with Gasteiger partial charge in [-0.25, -0.2) is 0 Å². The number of nitrogens with one attached hydrogen (secondary N) is 3. The highest BCUT2D eigenvalue weighted by atomic mass is 19.4. The van der Waals surface area contributed by atoms with Crippen molar-refractivity contribution in [3.63, 3.8) is 0 Å². The average Bonchev–Trinajstić information content (AvgIpc) is 3.32. The first-order chi connectivity index (χ1) is 17.9. The molecule has 9 heteroatoms. The van der Waals surface area contributed by atoms with Crippen LogP contribution in [0.25, 0.3) is 22.8 Å². The predicted octanol–water partition coefficient (Wildman–Crippen LogP) is 5.63. The molecule has 1 aromatic heterocycles. The summed E-state index contributed by atoms with van der Waals surface area (Å²) in [5.41, 5.74) is 4.09. The molecule has 1 fully saturated rings. The molecule has 3 aromatic rings. The van der Waals surface area contributed by atoms with Gasteiger partial charge in [-0.15, -0.1) is 0 Å². The third kappa shape index (κ3) is 4.62. The topological polar surface area (TPSA) is 77.2 Å². The molecule has 6 nitrogen and oxygen atoms in total. The van der Waals surface area contributed by atoms with Gasteiger partial charge in [0.25, 0.3) is 11.8 Å². The summed E-state index contributed by atoms with van der Waals surface area (Å²) < 4.78 is 40.2. The molecule has 38 heavy (non-hydrogen) atoms. The van der Waals surface area contributed by atoms with Gasteiger partial charge in [0.05, 0.1) is 16.7 Å². The summed E-state index contributed by atoms with van der Waals surface area (Å²) in [4.78, 5) is 31.6. The molecule has 2 atom stereocenters. The Morgan fingerprint density at radius 1 is 1.05 bits per heavy atom. The number of hydrogen-bond donors (Lipinski definition) is 3. The Morgan fingerprint density at radius 3 is 2.42 bits per heavy atom. The number of hydrogen-bond acceptors (Lipinski definition) is 3. The molecule has 2 aromatic carbocycles. The molecule has 2 aliphatic rings. The number of amides is 2. The molecule has 0 spiro atoms. The van der Waals surface area contributed by atoms with Gasteiger partial charge in [-0.3, -0.25) is 9.59 Å². The fourth-order valence-corrected chi connectivity index (χ4v) is 5.53. The number of carbonyl (C=O) groups is 2. The van der Waals surface area contributed by atoms with Crippen molar-refractivity contribution in [2.75, 3.05) is 18.4 Å². The fraction of sp³-hybridized carbons (Fsp3) is 0.310. The largest absolute Gasteiger partial charge is 0.416 e. The summed E-state index contributed by atoms with van der Waals surface area (Å²) in [6.45, 7) is 8.94. The first kappa shape index (κ1) is 25.8. The molecule has 0 aliphatic carbocycles. The van der Waals surface area contributed by atoms with E-state index in [1.165, 1.54) is 6.07 Å². The number of H-pyrrole nitrogens is 1. The van der Waals surface area contributed by atoms with E-state index in [-0.39, 0.29) is 23.9 Å². The summed E-state index contributed by atoms with van der Waals surface area (Å²) in [7, 11) is 0. The Hall–Kier alpha value is -3.85. The van der Waals surface area contributed by atoms with Crippen molar-refractivity contribution in [1.82, 2.24) is 15.2 Å². The highest BCUT2D eigenvalue weighted by Gasteiger charge is 2.33. The van der Waals surface area contributed by atoms with E-state index in [1.807, 2.05) is 32.6 Å². The van der Waals surface area contributed by atoms with Crippen LogP contribution in [-0.2, 0) is 11.0 Å². The number of nitrogens with zero attached hydrogens (tertiary/aromatic N) is 1. The Labute approximate surface area is 218 Å². The lowest BCUT2D eigenvalue weighted by atomic mass is 9.93. The molecule has 0 radical (unpaired) electrons. The van der Waals surface area contributed by atoms with Crippen molar-refractivity contribution in [3.8, 4) is 11.1 Å². The van der Waals surface area contributed by atoms with Gasteiger partial charge in [-0.05, 0) is 68.7 Å². The highest BCUT2D eigenvalue weighted by molar-refractivity contribution is 6.36. The third-order valence-electron chi connectivity index (χ3n) is 7.15.